The molecule has 0 radical (unpaired) electrons. The van der Waals surface area contributed by atoms with Crippen LogP contribution in [0.3, 0.4) is 0 Å². The molecule has 18 heavy (non-hydrogen) atoms. The molecule has 0 heterocycles. The molecule has 1 nitrogen and oxygen atoms in total. The molecule has 1 atom stereocenters. The van der Waals surface area contributed by atoms with E-state index in [1.807, 2.05) is 0 Å². The van der Waals surface area contributed by atoms with Crippen LogP contribution in [0.5, 0.6) is 0 Å². The summed E-state index contributed by atoms with van der Waals surface area (Å²) in [7, 11) is 2.16. The van der Waals surface area contributed by atoms with Crippen molar-refractivity contribution in [3.63, 3.8) is 0 Å². The molecule has 0 fully saturated rings. The van der Waals surface area contributed by atoms with Crippen molar-refractivity contribution in [2.24, 2.45) is 0 Å². The van der Waals surface area contributed by atoms with Crippen LogP contribution in [0.1, 0.15) is 18.0 Å². The maximum atomic E-state index is 3.56. The Morgan fingerprint density at radius 1 is 0.944 bits per heavy atom. The summed E-state index contributed by atoms with van der Waals surface area (Å²) in [5, 5.41) is 1.00. The maximum absolute atomic E-state index is 3.56. The van der Waals surface area contributed by atoms with E-state index in [2.05, 4.69) is 88.5 Å². The highest BCUT2D eigenvalue weighted by Gasteiger charge is 2.16. The van der Waals surface area contributed by atoms with Gasteiger partial charge in [-0.1, -0.05) is 64.5 Å². The van der Waals surface area contributed by atoms with Crippen molar-refractivity contribution < 1.29 is 0 Å². The van der Waals surface area contributed by atoms with Crippen LogP contribution in [0.15, 0.2) is 60.7 Å². The van der Waals surface area contributed by atoms with Crippen LogP contribution in [0.4, 0.5) is 5.69 Å². The summed E-state index contributed by atoms with van der Waals surface area (Å²) < 4.78 is 0. The van der Waals surface area contributed by atoms with Gasteiger partial charge in [0.15, 0.2) is 0 Å². The van der Waals surface area contributed by atoms with Crippen LogP contribution in [0.25, 0.3) is 0 Å². The van der Waals surface area contributed by atoms with Gasteiger partial charge in [-0.05, 0) is 24.1 Å². The Hall–Kier alpha value is -1.28. The van der Waals surface area contributed by atoms with Crippen LogP contribution >= 0.6 is 15.9 Å². The molecule has 2 aromatic rings. The van der Waals surface area contributed by atoms with E-state index in [1.165, 1.54) is 11.3 Å². The average molecular weight is 304 g/mol. The molecule has 0 aromatic heterocycles. The van der Waals surface area contributed by atoms with E-state index >= 15 is 0 Å². The minimum atomic E-state index is 0.410. The van der Waals surface area contributed by atoms with E-state index < -0.39 is 0 Å². The number of benzene rings is 2. The van der Waals surface area contributed by atoms with Crippen LogP contribution in [0.2, 0.25) is 0 Å². The van der Waals surface area contributed by atoms with Gasteiger partial charge >= 0.3 is 0 Å². The van der Waals surface area contributed by atoms with Crippen LogP contribution < -0.4 is 4.90 Å². The van der Waals surface area contributed by atoms with Gasteiger partial charge in [0.2, 0.25) is 0 Å². The minimum absolute atomic E-state index is 0.410. The van der Waals surface area contributed by atoms with Crippen molar-refractivity contribution in [3.8, 4) is 0 Å². The fourth-order valence-electron chi connectivity index (χ4n) is 2.21. The molecular weight excluding hydrogens is 286 g/mol. The fraction of sp³-hybridized carbons (Fsp3) is 0.250. The van der Waals surface area contributed by atoms with Crippen molar-refractivity contribution in [3.05, 3.63) is 66.2 Å². The van der Waals surface area contributed by atoms with Crippen molar-refractivity contribution in [2.75, 3.05) is 17.3 Å². The maximum Gasteiger partial charge on any atom is 0.0547 e. The molecule has 0 saturated carbocycles. The van der Waals surface area contributed by atoms with Gasteiger partial charge in [0.25, 0.3) is 0 Å². The first kappa shape index (κ1) is 13.2. The van der Waals surface area contributed by atoms with E-state index in [0.717, 1.165) is 11.8 Å². The predicted octanol–water partition coefficient (Wildman–Crippen LogP) is 4.65. The highest BCUT2D eigenvalue weighted by atomic mass is 79.9. The Bertz CT molecular complexity index is 455. The van der Waals surface area contributed by atoms with E-state index in [9.17, 15) is 0 Å². The third-order valence-corrected chi connectivity index (χ3v) is 3.66. The molecule has 1 unspecified atom stereocenters. The summed E-state index contributed by atoms with van der Waals surface area (Å²) in [5.41, 5.74) is 2.62. The summed E-state index contributed by atoms with van der Waals surface area (Å²) in [4.78, 5) is 2.34. The Morgan fingerprint density at radius 2 is 1.50 bits per heavy atom. The van der Waals surface area contributed by atoms with Gasteiger partial charge in [0.05, 0.1) is 6.04 Å². The quantitative estimate of drug-likeness (QED) is 0.727. The Balaban J connectivity index is 2.26. The lowest BCUT2D eigenvalue weighted by molar-refractivity contribution is 0.656. The summed E-state index contributed by atoms with van der Waals surface area (Å²) in [6.07, 6.45) is 1.09. The van der Waals surface area contributed by atoms with Crippen molar-refractivity contribution in [1.82, 2.24) is 0 Å². The monoisotopic (exact) mass is 303 g/mol. The lowest BCUT2D eigenvalue weighted by atomic mass is 10.0. The second-order valence-corrected chi connectivity index (χ2v) is 5.14. The normalized spacial score (nSPS) is 12.1. The molecule has 0 aliphatic carbocycles. The second kappa shape index (κ2) is 6.60. The molecular formula is C16H18BrN. The van der Waals surface area contributed by atoms with Gasteiger partial charge in [-0.3, -0.25) is 0 Å². The Kier molecular flexibility index (Phi) is 4.82. The van der Waals surface area contributed by atoms with Gasteiger partial charge in [-0.25, -0.2) is 0 Å². The molecule has 0 aliphatic heterocycles. The SMILES string of the molecule is CN(c1ccccc1)C(CCBr)c1ccccc1. The number of alkyl halides is 1. The van der Waals surface area contributed by atoms with Gasteiger partial charge in [-0.15, -0.1) is 0 Å². The zero-order valence-corrected chi connectivity index (χ0v) is 12.2. The van der Waals surface area contributed by atoms with Crippen LogP contribution in [-0.4, -0.2) is 12.4 Å². The first-order valence-electron chi connectivity index (χ1n) is 6.21. The molecule has 2 rings (SSSR count). The van der Waals surface area contributed by atoms with Gasteiger partial charge in [-0.2, -0.15) is 0 Å². The fourth-order valence-corrected chi connectivity index (χ4v) is 2.64. The third kappa shape index (κ3) is 3.14. The number of nitrogens with zero attached hydrogens (tertiary/aromatic N) is 1. The summed E-state index contributed by atoms with van der Waals surface area (Å²) in [6.45, 7) is 0. The highest BCUT2D eigenvalue weighted by Crippen LogP contribution is 2.28. The molecule has 2 heteroatoms. The molecule has 0 spiro atoms. The molecule has 0 aliphatic rings. The standard InChI is InChI=1S/C16H18BrN/c1-18(15-10-6-3-7-11-15)16(12-13-17)14-8-4-2-5-9-14/h2-11,16H,12-13H2,1H3. The van der Waals surface area contributed by atoms with Gasteiger partial charge < -0.3 is 4.90 Å². The number of rotatable bonds is 5. The largest absolute Gasteiger partial charge is 0.368 e. The Labute approximate surface area is 118 Å². The number of halogens is 1. The zero-order chi connectivity index (χ0) is 12.8. The minimum Gasteiger partial charge on any atom is -0.368 e. The Morgan fingerprint density at radius 3 is 2.06 bits per heavy atom. The van der Waals surface area contributed by atoms with Crippen LogP contribution in [0, 0.1) is 0 Å². The second-order valence-electron chi connectivity index (χ2n) is 4.35. The molecule has 0 saturated heterocycles. The molecule has 94 valence electrons. The smallest absolute Gasteiger partial charge is 0.0547 e. The first-order valence-corrected chi connectivity index (χ1v) is 7.34. The van der Waals surface area contributed by atoms with E-state index in [1.54, 1.807) is 0 Å². The number of para-hydroxylation sites is 1. The van der Waals surface area contributed by atoms with E-state index in [-0.39, 0.29) is 0 Å². The van der Waals surface area contributed by atoms with Crippen molar-refractivity contribution in [1.29, 1.82) is 0 Å². The molecule has 0 bridgehead atoms. The summed E-state index contributed by atoms with van der Waals surface area (Å²) in [6, 6.07) is 21.6. The van der Waals surface area contributed by atoms with Crippen molar-refractivity contribution in [2.45, 2.75) is 12.5 Å². The number of hydrogen-bond donors (Lipinski definition) is 0. The van der Waals surface area contributed by atoms with Crippen molar-refractivity contribution >= 4 is 21.6 Å². The molecule has 2 aromatic carbocycles. The van der Waals surface area contributed by atoms with E-state index in [0.29, 0.717) is 6.04 Å². The average Bonchev–Trinajstić information content (AvgIpc) is 2.46. The van der Waals surface area contributed by atoms with Gasteiger partial charge in [0.1, 0.15) is 0 Å². The topological polar surface area (TPSA) is 3.24 Å². The number of hydrogen-bond acceptors (Lipinski definition) is 1. The third-order valence-electron chi connectivity index (χ3n) is 3.20. The lowest BCUT2D eigenvalue weighted by Gasteiger charge is -2.30. The predicted molar refractivity (Wildman–Crippen MR) is 82.4 cm³/mol. The lowest BCUT2D eigenvalue weighted by Crippen LogP contribution is -2.24. The molecule has 0 N–H and O–H groups in total. The van der Waals surface area contributed by atoms with E-state index in [4.69, 9.17) is 0 Å². The first-order chi connectivity index (χ1) is 8.83. The highest BCUT2D eigenvalue weighted by molar-refractivity contribution is 9.09. The number of anilines is 1. The van der Waals surface area contributed by atoms with Gasteiger partial charge in [0, 0.05) is 18.1 Å². The van der Waals surface area contributed by atoms with Crippen LogP contribution in [-0.2, 0) is 0 Å². The zero-order valence-electron chi connectivity index (χ0n) is 10.6. The summed E-state index contributed by atoms with van der Waals surface area (Å²) >= 11 is 3.56. The summed E-state index contributed by atoms with van der Waals surface area (Å²) in [5.74, 6) is 0. The molecule has 0 amide bonds.